The summed E-state index contributed by atoms with van der Waals surface area (Å²) in [5, 5.41) is 0.809. The molecule has 2 N–H and O–H groups in total. The lowest BCUT2D eigenvalue weighted by molar-refractivity contribution is 0.163. The summed E-state index contributed by atoms with van der Waals surface area (Å²) in [6.45, 7) is 4.12. The Morgan fingerprint density at radius 1 is 1.42 bits per heavy atom. The van der Waals surface area contributed by atoms with E-state index in [0.717, 1.165) is 41.5 Å². The van der Waals surface area contributed by atoms with Crippen molar-refractivity contribution in [1.29, 1.82) is 0 Å². The molecule has 1 heterocycles. The molecule has 0 aliphatic carbocycles. The first-order chi connectivity index (χ1) is 8.69. The zero-order valence-electron chi connectivity index (χ0n) is 10.9. The van der Waals surface area contributed by atoms with E-state index in [0.29, 0.717) is 0 Å². The number of nitrogens with two attached hydrogens (primary N) is 1. The Morgan fingerprint density at radius 3 is 2.95 bits per heavy atom. The van der Waals surface area contributed by atoms with E-state index in [1.54, 1.807) is 0 Å². The highest BCUT2D eigenvalue weighted by Crippen LogP contribution is 2.25. The van der Waals surface area contributed by atoms with Crippen molar-refractivity contribution in [2.24, 2.45) is 11.7 Å². The van der Waals surface area contributed by atoms with E-state index < -0.39 is 0 Å². The molecule has 0 radical (unpaired) electrons. The van der Waals surface area contributed by atoms with Gasteiger partial charge in [-0.2, -0.15) is 0 Å². The van der Waals surface area contributed by atoms with Crippen molar-refractivity contribution in [3.05, 3.63) is 33.3 Å². The minimum atomic E-state index is 0. The minimum absolute atomic E-state index is 0. The third-order valence-corrected chi connectivity index (χ3v) is 4.59. The van der Waals surface area contributed by atoms with Crippen molar-refractivity contribution in [2.45, 2.75) is 25.8 Å². The molecule has 0 saturated carbocycles. The highest BCUT2D eigenvalue weighted by Gasteiger charge is 2.19. The normalized spacial score (nSPS) is 20.1. The molecule has 1 atom stereocenters. The Balaban J connectivity index is 0.00000180. The van der Waals surface area contributed by atoms with Gasteiger partial charge in [-0.15, -0.1) is 12.4 Å². The smallest absolute Gasteiger partial charge is 0.0410 e. The molecule has 0 aromatic heterocycles. The molecule has 108 valence electrons. The van der Waals surface area contributed by atoms with Crippen molar-refractivity contribution in [1.82, 2.24) is 4.90 Å². The van der Waals surface area contributed by atoms with Gasteiger partial charge in [-0.05, 0) is 62.0 Å². The molecule has 2 nitrogen and oxygen atoms in total. The van der Waals surface area contributed by atoms with E-state index in [1.165, 1.54) is 24.9 Å². The van der Waals surface area contributed by atoms with Crippen molar-refractivity contribution in [3.8, 4) is 0 Å². The molecule has 0 bridgehead atoms. The molecule has 0 spiro atoms. The van der Waals surface area contributed by atoms with Crippen LogP contribution in [0.3, 0.4) is 0 Å². The van der Waals surface area contributed by atoms with Crippen LogP contribution in [0.25, 0.3) is 0 Å². The van der Waals surface area contributed by atoms with Gasteiger partial charge in [0.2, 0.25) is 0 Å². The average Bonchev–Trinajstić information content (AvgIpc) is 2.35. The Bertz CT molecular complexity index is 399. The second-order valence-corrected chi connectivity index (χ2v) is 6.35. The molecule has 5 heteroatoms. The van der Waals surface area contributed by atoms with E-state index in [4.69, 9.17) is 17.3 Å². The van der Waals surface area contributed by atoms with Gasteiger partial charge in [0, 0.05) is 22.6 Å². The van der Waals surface area contributed by atoms with E-state index in [-0.39, 0.29) is 12.4 Å². The maximum absolute atomic E-state index is 6.06. The number of piperidine rings is 1. The molecular weight excluding hydrogens is 347 g/mol. The SMILES string of the molecule is Cl.NCCC1CCCN(Cc2cc(Cl)ccc2Br)C1. The summed E-state index contributed by atoms with van der Waals surface area (Å²) in [5.74, 6) is 0.765. The number of nitrogens with zero attached hydrogens (tertiary/aromatic N) is 1. The molecule has 1 unspecified atom stereocenters. The van der Waals surface area contributed by atoms with Crippen LogP contribution in [0.2, 0.25) is 5.02 Å². The standard InChI is InChI=1S/C14H20BrClN2.ClH/c15-14-4-3-13(16)8-12(14)10-18-7-1-2-11(9-18)5-6-17;/h3-4,8,11H,1-2,5-7,9-10,17H2;1H. The fourth-order valence-electron chi connectivity index (χ4n) is 2.67. The second kappa shape index (κ2) is 8.48. The van der Waals surface area contributed by atoms with Gasteiger partial charge in [0.1, 0.15) is 0 Å². The molecule has 1 aliphatic heterocycles. The predicted octanol–water partition coefficient (Wildman–Crippen LogP) is 4.09. The highest BCUT2D eigenvalue weighted by molar-refractivity contribution is 9.10. The summed E-state index contributed by atoms with van der Waals surface area (Å²) in [6, 6.07) is 6.00. The third kappa shape index (κ3) is 5.24. The largest absolute Gasteiger partial charge is 0.330 e. The van der Waals surface area contributed by atoms with Crippen LogP contribution in [-0.4, -0.2) is 24.5 Å². The maximum Gasteiger partial charge on any atom is 0.0410 e. The first-order valence-electron chi connectivity index (χ1n) is 6.55. The molecule has 19 heavy (non-hydrogen) atoms. The minimum Gasteiger partial charge on any atom is -0.330 e. The molecule has 0 amide bonds. The fraction of sp³-hybridized carbons (Fsp3) is 0.571. The first-order valence-corrected chi connectivity index (χ1v) is 7.72. The second-order valence-electron chi connectivity index (χ2n) is 5.06. The zero-order chi connectivity index (χ0) is 13.0. The number of rotatable bonds is 4. The Morgan fingerprint density at radius 2 is 2.21 bits per heavy atom. The summed E-state index contributed by atoms with van der Waals surface area (Å²) in [6.07, 6.45) is 3.75. The summed E-state index contributed by atoms with van der Waals surface area (Å²) in [5.41, 5.74) is 6.93. The zero-order valence-corrected chi connectivity index (χ0v) is 14.1. The highest BCUT2D eigenvalue weighted by atomic mass is 79.9. The van der Waals surface area contributed by atoms with Gasteiger partial charge < -0.3 is 5.73 Å². The van der Waals surface area contributed by atoms with Gasteiger partial charge in [0.25, 0.3) is 0 Å². The van der Waals surface area contributed by atoms with Crippen LogP contribution in [0.1, 0.15) is 24.8 Å². The first kappa shape index (κ1) is 17.3. The Kier molecular flexibility index (Phi) is 7.70. The van der Waals surface area contributed by atoms with Gasteiger partial charge in [-0.3, -0.25) is 4.90 Å². The molecule has 1 fully saturated rings. The number of hydrogen-bond donors (Lipinski definition) is 1. The van der Waals surface area contributed by atoms with Crippen molar-refractivity contribution in [3.63, 3.8) is 0 Å². The van der Waals surface area contributed by atoms with Gasteiger partial charge in [-0.1, -0.05) is 27.5 Å². The molecule has 2 rings (SSSR count). The Hall–Kier alpha value is 0.200. The van der Waals surface area contributed by atoms with Crippen molar-refractivity contribution >= 4 is 39.9 Å². The van der Waals surface area contributed by atoms with Crippen LogP contribution >= 0.6 is 39.9 Å². The van der Waals surface area contributed by atoms with E-state index >= 15 is 0 Å². The monoisotopic (exact) mass is 366 g/mol. The van der Waals surface area contributed by atoms with Crippen LogP contribution < -0.4 is 5.73 Å². The number of likely N-dealkylation sites (tertiary alicyclic amines) is 1. The molecule has 1 aromatic rings. The average molecular weight is 368 g/mol. The van der Waals surface area contributed by atoms with Gasteiger partial charge in [0.15, 0.2) is 0 Å². The lowest BCUT2D eigenvalue weighted by Gasteiger charge is -2.32. The lowest BCUT2D eigenvalue weighted by Crippen LogP contribution is -2.35. The van der Waals surface area contributed by atoms with Crippen LogP contribution in [0, 0.1) is 5.92 Å². The summed E-state index contributed by atoms with van der Waals surface area (Å²) < 4.78 is 1.15. The quantitative estimate of drug-likeness (QED) is 0.868. The van der Waals surface area contributed by atoms with Crippen molar-refractivity contribution in [2.75, 3.05) is 19.6 Å². The van der Waals surface area contributed by atoms with Gasteiger partial charge in [0.05, 0.1) is 0 Å². The van der Waals surface area contributed by atoms with Crippen LogP contribution in [0.5, 0.6) is 0 Å². The lowest BCUT2D eigenvalue weighted by atomic mass is 9.94. The number of benzene rings is 1. The van der Waals surface area contributed by atoms with Gasteiger partial charge in [-0.25, -0.2) is 0 Å². The fourth-order valence-corrected chi connectivity index (χ4v) is 3.24. The Labute approximate surface area is 135 Å². The molecule has 1 aliphatic rings. The third-order valence-electron chi connectivity index (χ3n) is 3.58. The number of hydrogen-bond acceptors (Lipinski definition) is 2. The van der Waals surface area contributed by atoms with E-state index in [1.807, 2.05) is 12.1 Å². The predicted molar refractivity (Wildman–Crippen MR) is 88.1 cm³/mol. The van der Waals surface area contributed by atoms with Crippen LogP contribution in [0.15, 0.2) is 22.7 Å². The van der Waals surface area contributed by atoms with E-state index in [9.17, 15) is 0 Å². The molecule has 1 saturated heterocycles. The van der Waals surface area contributed by atoms with Gasteiger partial charge >= 0.3 is 0 Å². The van der Waals surface area contributed by atoms with Crippen LogP contribution in [-0.2, 0) is 6.54 Å². The molecular formula is C14H21BrCl2N2. The van der Waals surface area contributed by atoms with Crippen LogP contribution in [0.4, 0.5) is 0 Å². The van der Waals surface area contributed by atoms with E-state index in [2.05, 4.69) is 26.9 Å². The number of halogens is 3. The maximum atomic E-state index is 6.06. The summed E-state index contributed by atoms with van der Waals surface area (Å²) in [7, 11) is 0. The molecule has 1 aromatic carbocycles. The van der Waals surface area contributed by atoms with Crippen molar-refractivity contribution < 1.29 is 0 Å². The summed E-state index contributed by atoms with van der Waals surface area (Å²) >= 11 is 9.65. The summed E-state index contributed by atoms with van der Waals surface area (Å²) in [4.78, 5) is 2.51. The topological polar surface area (TPSA) is 29.3 Å².